The van der Waals surface area contributed by atoms with E-state index in [1.807, 2.05) is 12.1 Å². The van der Waals surface area contributed by atoms with E-state index < -0.39 is 11.9 Å². The number of unbranched alkanes of at least 4 members (excludes halogenated alkanes) is 1. The minimum atomic E-state index is -1.00. The second-order valence-corrected chi connectivity index (χ2v) is 5.00. The number of ether oxygens (including phenoxy) is 1. The summed E-state index contributed by atoms with van der Waals surface area (Å²) in [5.74, 6) is -1.48. The number of halogens is 1. The minimum absolute atomic E-state index is 0.106. The zero-order valence-corrected chi connectivity index (χ0v) is 12.2. The van der Waals surface area contributed by atoms with Crippen molar-refractivity contribution in [1.82, 2.24) is 0 Å². The number of hydrogen-bond donors (Lipinski definition) is 1. The molecule has 4 nitrogen and oxygen atoms in total. The molecule has 1 N–H and O–H groups in total. The summed E-state index contributed by atoms with van der Waals surface area (Å²) in [5.41, 5.74) is 0.881. The average Bonchev–Trinajstić information content (AvgIpc) is 2.42. The number of hydrogen-bond acceptors (Lipinski definition) is 3. The largest absolute Gasteiger partial charge is 0.481 e. The van der Waals surface area contributed by atoms with Crippen LogP contribution in [0.4, 0.5) is 0 Å². The zero-order chi connectivity index (χ0) is 15.0. The van der Waals surface area contributed by atoms with E-state index in [-0.39, 0.29) is 18.9 Å². The molecule has 0 spiro atoms. The fraction of sp³-hybridized carbons (Fsp3) is 0.467. The van der Waals surface area contributed by atoms with Crippen LogP contribution in [0.1, 0.15) is 50.7 Å². The lowest BCUT2D eigenvalue weighted by atomic mass is 10.0. The molecule has 1 rings (SSSR count). The van der Waals surface area contributed by atoms with Crippen LogP contribution in [-0.4, -0.2) is 17.0 Å². The summed E-state index contributed by atoms with van der Waals surface area (Å²) in [6, 6.07) is 7.15. The number of carboxylic acid groups (broad SMARTS) is 1. The van der Waals surface area contributed by atoms with Crippen molar-refractivity contribution in [2.45, 2.75) is 45.1 Å². The van der Waals surface area contributed by atoms with Gasteiger partial charge in [-0.1, -0.05) is 37.1 Å². The Balaban J connectivity index is 2.66. The number of carbonyl (C=O) groups is 2. The summed E-state index contributed by atoms with van der Waals surface area (Å²) in [7, 11) is 0. The van der Waals surface area contributed by atoms with Crippen molar-refractivity contribution in [3.8, 4) is 0 Å². The van der Waals surface area contributed by atoms with Gasteiger partial charge in [0.15, 0.2) is 0 Å². The standard InChI is InChI=1S/C15H19ClO4/c1-2-3-4-13(11-5-7-12(16)8-6-11)20-15(19)10-9-14(17)18/h5-8,13H,2-4,9-10H2,1H3,(H,17,18). The second-order valence-electron chi connectivity index (χ2n) is 4.57. The molecule has 1 unspecified atom stereocenters. The van der Waals surface area contributed by atoms with Gasteiger partial charge in [0.2, 0.25) is 0 Å². The lowest BCUT2D eigenvalue weighted by Gasteiger charge is -2.18. The molecule has 0 saturated carbocycles. The molecule has 1 aromatic carbocycles. The Hall–Kier alpha value is -1.55. The van der Waals surface area contributed by atoms with Gasteiger partial charge in [-0.2, -0.15) is 0 Å². The van der Waals surface area contributed by atoms with Crippen molar-refractivity contribution in [2.24, 2.45) is 0 Å². The Morgan fingerprint density at radius 2 is 1.90 bits per heavy atom. The average molecular weight is 299 g/mol. The first-order chi connectivity index (χ1) is 9.52. The molecule has 1 aromatic rings. The summed E-state index contributed by atoms with van der Waals surface area (Å²) in [6.45, 7) is 2.06. The van der Waals surface area contributed by atoms with E-state index in [1.165, 1.54) is 0 Å². The number of aliphatic carboxylic acids is 1. The van der Waals surface area contributed by atoms with Gasteiger partial charge in [-0.25, -0.2) is 0 Å². The predicted molar refractivity (Wildman–Crippen MR) is 76.7 cm³/mol. The van der Waals surface area contributed by atoms with Crippen molar-refractivity contribution < 1.29 is 19.4 Å². The normalized spacial score (nSPS) is 11.9. The molecule has 0 aliphatic rings. The zero-order valence-electron chi connectivity index (χ0n) is 11.5. The first kappa shape index (κ1) is 16.5. The molecule has 0 fully saturated rings. The van der Waals surface area contributed by atoms with Gasteiger partial charge in [-0.15, -0.1) is 0 Å². The highest BCUT2D eigenvalue weighted by atomic mass is 35.5. The smallest absolute Gasteiger partial charge is 0.306 e. The van der Waals surface area contributed by atoms with E-state index in [9.17, 15) is 9.59 Å². The maximum absolute atomic E-state index is 11.6. The lowest BCUT2D eigenvalue weighted by molar-refractivity contribution is -0.152. The van der Waals surface area contributed by atoms with Crippen LogP contribution in [0.2, 0.25) is 5.02 Å². The number of esters is 1. The fourth-order valence-corrected chi connectivity index (χ4v) is 1.91. The van der Waals surface area contributed by atoms with Crippen LogP contribution < -0.4 is 0 Å². The van der Waals surface area contributed by atoms with Gasteiger partial charge >= 0.3 is 11.9 Å². The van der Waals surface area contributed by atoms with E-state index in [0.29, 0.717) is 5.02 Å². The Kier molecular flexibility index (Phi) is 7.09. The maximum Gasteiger partial charge on any atom is 0.306 e. The van der Waals surface area contributed by atoms with E-state index in [0.717, 1.165) is 24.8 Å². The van der Waals surface area contributed by atoms with E-state index in [1.54, 1.807) is 12.1 Å². The van der Waals surface area contributed by atoms with E-state index in [4.69, 9.17) is 21.4 Å². The first-order valence-corrected chi connectivity index (χ1v) is 7.07. The summed E-state index contributed by atoms with van der Waals surface area (Å²) < 4.78 is 5.38. The molecule has 0 bridgehead atoms. The van der Waals surface area contributed by atoms with Crippen LogP contribution in [-0.2, 0) is 14.3 Å². The van der Waals surface area contributed by atoms with E-state index in [2.05, 4.69) is 6.92 Å². The van der Waals surface area contributed by atoms with Gasteiger partial charge in [0, 0.05) is 5.02 Å². The topological polar surface area (TPSA) is 63.6 Å². The fourth-order valence-electron chi connectivity index (χ4n) is 1.79. The van der Waals surface area contributed by atoms with Gasteiger partial charge in [0.25, 0.3) is 0 Å². The predicted octanol–water partition coefficient (Wildman–Crippen LogP) is 3.98. The lowest BCUT2D eigenvalue weighted by Crippen LogP contribution is -2.13. The Bertz CT molecular complexity index is 442. The van der Waals surface area contributed by atoms with Gasteiger partial charge in [-0.05, 0) is 30.5 Å². The number of benzene rings is 1. The molecule has 0 amide bonds. The molecule has 5 heteroatoms. The number of carbonyl (C=O) groups excluding carboxylic acids is 1. The summed E-state index contributed by atoms with van der Waals surface area (Å²) in [5, 5.41) is 9.19. The SMILES string of the molecule is CCCCC(OC(=O)CCC(=O)O)c1ccc(Cl)cc1. The van der Waals surface area contributed by atoms with Crippen LogP contribution in [0.25, 0.3) is 0 Å². The maximum atomic E-state index is 11.6. The number of carboxylic acids is 1. The third kappa shape index (κ3) is 6.06. The van der Waals surface area contributed by atoms with Crippen molar-refractivity contribution in [2.75, 3.05) is 0 Å². The van der Waals surface area contributed by atoms with Crippen molar-refractivity contribution in [3.05, 3.63) is 34.9 Å². The summed E-state index contributed by atoms with van der Waals surface area (Å²) >= 11 is 5.84. The van der Waals surface area contributed by atoms with Gasteiger partial charge < -0.3 is 9.84 Å². The van der Waals surface area contributed by atoms with Crippen LogP contribution in [0, 0.1) is 0 Å². The van der Waals surface area contributed by atoms with Crippen LogP contribution >= 0.6 is 11.6 Å². The van der Waals surface area contributed by atoms with Crippen LogP contribution in [0.5, 0.6) is 0 Å². The molecule has 0 heterocycles. The highest BCUT2D eigenvalue weighted by molar-refractivity contribution is 6.30. The summed E-state index contributed by atoms with van der Waals surface area (Å²) in [6.07, 6.45) is 1.99. The molecule has 0 aliphatic carbocycles. The first-order valence-electron chi connectivity index (χ1n) is 6.69. The quantitative estimate of drug-likeness (QED) is 0.737. The molecule has 0 radical (unpaired) electrons. The Labute approximate surface area is 123 Å². The molecule has 110 valence electrons. The van der Waals surface area contributed by atoms with Gasteiger partial charge in [0.1, 0.15) is 6.10 Å². The van der Waals surface area contributed by atoms with Crippen molar-refractivity contribution in [3.63, 3.8) is 0 Å². The molecular weight excluding hydrogens is 280 g/mol. The highest BCUT2D eigenvalue weighted by Crippen LogP contribution is 2.25. The highest BCUT2D eigenvalue weighted by Gasteiger charge is 2.17. The molecule has 0 aromatic heterocycles. The van der Waals surface area contributed by atoms with E-state index >= 15 is 0 Å². The van der Waals surface area contributed by atoms with Crippen molar-refractivity contribution >= 4 is 23.5 Å². The Morgan fingerprint density at radius 1 is 1.25 bits per heavy atom. The molecular formula is C15H19ClO4. The second kappa shape index (κ2) is 8.59. The van der Waals surface area contributed by atoms with Crippen LogP contribution in [0.3, 0.4) is 0 Å². The van der Waals surface area contributed by atoms with Crippen LogP contribution in [0.15, 0.2) is 24.3 Å². The molecule has 20 heavy (non-hydrogen) atoms. The third-order valence-electron chi connectivity index (χ3n) is 2.88. The summed E-state index contributed by atoms with van der Waals surface area (Å²) in [4.78, 5) is 22.1. The van der Waals surface area contributed by atoms with Gasteiger partial charge in [0.05, 0.1) is 12.8 Å². The molecule has 1 atom stereocenters. The molecule has 0 aliphatic heterocycles. The van der Waals surface area contributed by atoms with Gasteiger partial charge in [-0.3, -0.25) is 9.59 Å². The Morgan fingerprint density at radius 3 is 2.45 bits per heavy atom. The monoisotopic (exact) mass is 298 g/mol. The molecule has 0 saturated heterocycles. The number of rotatable bonds is 8. The van der Waals surface area contributed by atoms with Crippen molar-refractivity contribution in [1.29, 1.82) is 0 Å². The third-order valence-corrected chi connectivity index (χ3v) is 3.13. The minimum Gasteiger partial charge on any atom is -0.481 e.